The molecule has 0 spiro atoms. The van der Waals surface area contributed by atoms with Gasteiger partial charge in [0.1, 0.15) is 13.2 Å². The maximum atomic E-state index is 12.9. The fourth-order valence-corrected chi connectivity index (χ4v) is 7.14. The van der Waals surface area contributed by atoms with Crippen molar-refractivity contribution in [2.75, 3.05) is 40.9 Å². The Morgan fingerprint density at radius 2 is 1.00 bits per heavy atom. The van der Waals surface area contributed by atoms with Crippen LogP contribution >= 0.6 is 7.82 Å². The largest absolute Gasteiger partial charge is 0.472 e. The maximum absolute atomic E-state index is 12.9. The summed E-state index contributed by atoms with van der Waals surface area (Å²) < 4.78 is 23.5. The zero-order chi connectivity index (χ0) is 40.7. The summed E-state index contributed by atoms with van der Waals surface area (Å²) in [4.78, 5) is 23.1. The molecule has 0 heterocycles. The van der Waals surface area contributed by atoms with Crippen molar-refractivity contribution >= 4 is 13.7 Å². The van der Waals surface area contributed by atoms with E-state index in [0.717, 1.165) is 38.5 Å². The topological polar surface area (TPSA) is 105 Å². The Bertz CT molecular complexity index is 995. The fourth-order valence-electron chi connectivity index (χ4n) is 6.40. The summed E-state index contributed by atoms with van der Waals surface area (Å²) in [5.74, 6) is -0.192. The molecular formula is C46H90N2O6P+. The van der Waals surface area contributed by atoms with Crippen LogP contribution in [0.2, 0.25) is 0 Å². The summed E-state index contributed by atoms with van der Waals surface area (Å²) in [6, 6.07) is -0.863. The third kappa shape index (κ3) is 40.7. The number of allylic oxidation sites excluding steroid dienone is 5. The van der Waals surface area contributed by atoms with Gasteiger partial charge in [-0.2, -0.15) is 0 Å². The van der Waals surface area contributed by atoms with Crippen molar-refractivity contribution in [1.29, 1.82) is 0 Å². The second-order valence-corrected chi connectivity index (χ2v) is 18.2. The average Bonchev–Trinajstić information content (AvgIpc) is 3.13. The Hall–Kier alpha value is -1.28. The van der Waals surface area contributed by atoms with Crippen molar-refractivity contribution < 1.29 is 32.9 Å². The van der Waals surface area contributed by atoms with E-state index in [9.17, 15) is 19.4 Å². The van der Waals surface area contributed by atoms with E-state index in [1.165, 1.54) is 141 Å². The highest BCUT2D eigenvalue weighted by atomic mass is 31.2. The van der Waals surface area contributed by atoms with Gasteiger partial charge >= 0.3 is 7.82 Å². The van der Waals surface area contributed by atoms with E-state index in [4.69, 9.17) is 9.05 Å². The highest BCUT2D eigenvalue weighted by Gasteiger charge is 2.27. The standard InChI is InChI=1S/C46H89N2O6P/c1-6-8-10-12-14-16-18-20-22-24-26-28-30-32-34-36-38-40-46(50)47-44(43-54-55(51,52)53-42-41-48(3,4)5)45(49)39-37-35-33-31-29-27-25-23-21-19-17-15-13-11-9-7-2/h20,22,29,31,37,39,44-45,49H,6-19,21,23-28,30,32-36,38,40-43H2,1-5H3,(H-,47,50,51,52)/p+1/b22-20+,31-29+,39-37+/t44-,45+/m0/s1. The summed E-state index contributed by atoms with van der Waals surface area (Å²) in [5.41, 5.74) is 0. The molecule has 0 aliphatic rings. The van der Waals surface area contributed by atoms with Gasteiger partial charge in [-0.25, -0.2) is 4.57 Å². The highest BCUT2D eigenvalue weighted by Crippen LogP contribution is 2.43. The lowest BCUT2D eigenvalue weighted by atomic mass is 10.1. The molecule has 0 bridgehead atoms. The zero-order valence-corrected chi connectivity index (χ0v) is 37.6. The maximum Gasteiger partial charge on any atom is 0.472 e. The molecule has 0 aliphatic heterocycles. The van der Waals surface area contributed by atoms with E-state index in [2.05, 4.69) is 43.5 Å². The van der Waals surface area contributed by atoms with Gasteiger partial charge in [0.2, 0.25) is 5.91 Å². The van der Waals surface area contributed by atoms with Crippen LogP contribution in [0.3, 0.4) is 0 Å². The van der Waals surface area contributed by atoms with Crippen LogP contribution in [0.4, 0.5) is 0 Å². The Morgan fingerprint density at radius 1 is 0.600 bits per heavy atom. The van der Waals surface area contributed by atoms with Gasteiger partial charge in [-0.05, 0) is 57.8 Å². The first-order valence-corrected chi connectivity index (χ1v) is 24.4. The minimum absolute atomic E-state index is 0.0554. The lowest BCUT2D eigenvalue weighted by Gasteiger charge is -2.25. The zero-order valence-electron chi connectivity index (χ0n) is 36.7. The molecule has 9 heteroatoms. The van der Waals surface area contributed by atoms with Crippen molar-refractivity contribution in [1.82, 2.24) is 5.32 Å². The van der Waals surface area contributed by atoms with Crippen LogP contribution in [-0.4, -0.2) is 73.4 Å². The van der Waals surface area contributed by atoms with Crippen molar-refractivity contribution in [2.24, 2.45) is 0 Å². The normalized spacial score (nSPS) is 14.7. The van der Waals surface area contributed by atoms with Gasteiger partial charge in [0, 0.05) is 6.42 Å². The molecule has 0 rings (SSSR count). The number of carbonyl (C=O) groups excluding carboxylic acids is 1. The van der Waals surface area contributed by atoms with Crippen molar-refractivity contribution in [3.05, 3.63) is 36.5 Å². The summed E-state index contributed by atoms with van der Waals surface area (Å²) >= 11 is 0. The van der Waals surface area contributed by atoms with Gasteiger partial charge in [-0.15, -0.1) is 0 Å². The van der Waals surface area contributed by atoms with Gasteiger partial charge in [-0.3, -0.25) is 13.8 Å². The monoisotopic (exact) mass is 798 g/mol. The number of unbranched alkanes of at least 4 members (excludes halogenated alkanes) is 24. The molecule has 324 valence electrons. The number of quaternary nitrogens is 1. The summed E-state index contributed by atoms with van der Waals surface area (Å²) in [7, 11) is 1.55. The van der Waals surface area contributed by atoms with E-state index in [-0.39, 0.29) is 19.1 Å². The number of aliphatic hydroxyl groups excluding tert-OH is 1. The Labute approximate surface area is 340 Å². The molecule has 0 radical (unpaired) electrons. The number of aliphatic hydroxyl groups is 1. The molecule has 55 heavy (non-hydrogen) atoms. The summed E-state index contributed by atoms with van der Waals surface area (Å²) in [6.45, 7) is 4.78. The quantitative estimate of drug-likeness (QED) is 0.0246. The van der Waals surface area contributed by atoms with Gasteiger partial charge in [-0.1, -0.05) is 172 Å². The second-order valence-electron chi connectivity index (χ2n) is 16.8. The number of amides is 1. The number of carbonyl (C=O) groups is 1. The van der Waals surface area contributed by atoms with Crippen LogP contribution in [0.25, 0.3) is 0 Å². The molecule has 0 aromatic carbocycles. The molecule has 8 nitrogen and oxygen atoms in total. The first-order valence-electron chi connectivity index (χ1n) is 22.9. The Kier molecular flexibility index (Phi) is 37.4. The molecule has 0 aromatic heterocycles. The number of hydrogen-bond donors (Lipinski definition) is 3. The highest BCUT2D eigenvalue weighted by molar-refractivity contribution is 7.47. The Morgan fingerprint density at radius 3 is 1.45 bits per heavy atom. The number of rotatable bonds is 41. The number of phosphoric acid groups is 1. The molecule has 0 aliphatic carbocycles. The molecule has 1 amide bonds. The van der Waals surface area contributed by atoms with Crippen LogP contribution < -0.4 is 5.32 Å². The van der Waals surface area contributed by atoms with Crippen LogP contribution in [-0.2, 0) is 18.4 Å². The van der Waals surface area contributed by atoms with Gasteiger partial charge in [0.15, 0.2) is 0 Å². The van der Waals surface area contributed by atoms with Crippen molar-refractivity contribution in [3.8, 4) is 0 Å². The third-order valence-corrected chi connectivity index (χ3v) is 11.1. The number of likely N-dealkylation sites (N-methyl/N-ethyl adjacent to an activating group) is 1. The Balaban J connectivity index is 4.46. The molecule has 0 aromatic rings. The third-order valence-electron chi connectivity index (χ3n) is 10.1. The SMILES string of the molecule is CCCCCCCC/C=C/CCCCCCCCCC(=O)N[C@@H](COP(=O)(O)OCC[N+](C)(C)C)[C@H](O)/C=C/CC/C=C/CCCCCCCCCCCC. The lowest BCUT2D eigenvalue weighted by molar-refractivity contribution is -0.870. The second kappa shape index (κ2) is 38.2. The molecule has 3 atom stereocenters. The van der Waals surface area contributed by atoms with E-state index >= 15 is 0 Å². The van der Waals surface area contributed by atoms with E-state index in [1.807, 2.05) is 27.2 Å². The smallest absolute Gasteiger partial charge is 0.387 e. The predicted molar refractivity (Wildman–Crippen MR) is 235 cm³/mol. The van der Waals surface area contributed by atoms with Crippen molar-refractivity contribution in [3.63, 3.8) is 0 Å². The van der Waals surface area contributed by atoms with E-state index in [0.29, 0.717) is 17.4 Å². The van der Waals surface area contributed by atoms with Gasteiger partial charge < -0.3 is 19.8 Å². The number of nitrogens with zero attached hydrogens (tertiary/aromatic N) is 1. The van der Waals surface area contributed by atoms with Gasteiger partial charge in [0.05, 0.1) is 39.9 Å². The predicted octanol–water partition coefficient (Wildman–Crippen LogP) is 12.7. The number of hydrogen-bond acceptors (Lipinski definition) is 5. The van der Waals surface area contributed by atoms with Gasteiger partial charge in [0.25, 0.3) is 0 Å². The fraction of sp³-hybridized carbons (Fsp3) is 0.848. The molecule has 0 saturated carbocycles. The summed E-state index contributed by atoms with van der Waals surface area (Å²) in [5, 5.41) is 13.8. The minimum atomic E-state index is -4.34. The lowest BCUT2D eigenvalue weighted by Crippen LogP contribution is -2.45. The van der Waals surface area contributed by atoms with Crippen molar-refractivity contribution in [2.45, 2.75) is 212 Å². The van der Waals surface area contributed by atoms with Crippen LogP contribution in [0.15, 0.2) is 36.5 Å². The van der Waals surface area contributed by atoms with Crippen LogP contribution in [0.5, 0.6) is 0 Å². The minimum Gasteiger partial charge on any atom is -0.387 e. The van der Waals surface area contributed by atoms with E-state index in [1.54, 1.807) is 6.08 Å². The molecule has 0 fully saturated rings. The van der Waals surface area contributed by atoms with E-state index < -0.39 is 20.0 Å². The molecular weight excluding hydrogens is 707 g/mol. The number of phosphoric ester groups is 1. The first-order chi connectivity index (χ1) is 26.5. The van der Waals surface area contributed by atoms with Crippen LogP contribution in [0.1, 0.15) is 200 Å². The first kappa shape index (κ1) is 53.7. The number of nitrogens with one attached hydrogen (secondary N) is 1. The average molecular weight is 798 g/mol. The van der Waals surface area contributed by atoms with Crippen LogP contribution in [0, 0.1) is 0 Å². The molecule has 1 unspecified atom stereocenters. The molecule has 0 saturated heterocycles. The summed E-state index contributed by atoms with van der Waals surface area (Å²) in [6.07, 6.45) is 46.4. The molecule has 3 N–H and O–H groups in total.